The second kappa shape index (κ2) is 6.13. The molecule has 0 fully saturated rings. The number of thioether (sulfide) groups is 1. The Morgan fingerprint density at radius 1 is 0.957 bits per heavy atom. The summed E-state index contributed by atoms with van der Waals surface area (Å²) < 4.78 is 1.76. The van der Waals surface area contributed by atoms with E-state index in [1.54, 1.807) is 34.9 Å². The maximum absolute atomic E-state index is 4.63. The van der Waals surface area contributed by atoms with Crippen molar-refractivity contribution < 1.29 is 0 Å². The highest BCUT2D eigenvalue weighted by molar-refractivity contribution is 7.98. The van der Waals surface area contributed by atoms with E-state index in [1.165, 1.54) is 0 Å². The Kier molecular flexibility index (Phi) is 3.69. The highest BCUT2D eigenvalue weighted by atomic mass is 32.2. The predicted octanol–water partition coefficient (Wildman–Crippen LogP) is 2.87. The molecule has 0 saturated carbocycles. The molecule has 0 aliphatic rings. The van der Waals surface area contributed by atoms with Crippen molar-refractivity contribution in [2.24, 2.45) is 0 Å². The lowest BCUT2D eigenvalue weighted by atomic mass is 10.2. The molecule has 0 saturated heterocycles. The molecule has 0 atom stereocenters. The van der Waals surface area contributed by atoms with Crippen molar-refractivity contribution in [1.82, 2.24) is 29.8 Å². The van der Waals surface area contributed by atoms with Crippen molar-refractivity contribution in [1.29, 1.82) is 0 Å². The lowest BCUT2D eigenvalue weighted by Crippen LogP contribution is -1.97. The molecule has 0 bridgehead atoms. The molecule has 6 nitrogen and oxygen atoms in total. The predicted molar refractivity (Wildman–Crippen MR) is 87.8 cm³/mol. The lowest BCUT2D eigenvalue weighted by molar-refractivity contribution is 0.812. The van der Waals surface area contributed by atoms with E-state index in [2.05, 4.69) is 25.3 Å². The quantitative estimate of drug-likeness (QED) is 0.539. The van der Waals surface area contributed by atoms with Gasteiger partial charge in [-0.15, -0.1) is 10.2 Å². The zero-order chi connectivity index (χ0) is 15.5. The summed E-state index contributed by atoms with van der Waals surface area (Å²) in [6.07, 6.45) is 5.32. The topological polar surface area (TPSA) is 68.9 Å². The molecule has 4 aromatic rings. The Bertz CT molecular complexity index is 923. The van der Waals surface area contributed by atoms with Crippen LogP contribution in [0.4, 0.5) is 0 Å². The van der Waals surface area contributed by atoms with E-state index in [0.717, 1.165) is 33.5 Å². The SMILES string of the molecule is c1ccc(CSc2nnc3ccc(-c4cccnc4)nn23)nc1. The van der Waals surface area contributed by atoms with Crippen LogP contribution >= 0.6 is 11.8 Å². The second-order valence-electron chi connectivity index (χ2n) is 4.82. The standard InChI is InChI=1S/C16H12N6S/c1-2-9-18-13(5-1)11-23-16-20-19-15-7-6-14(21-22(15)16)12-4-3-8-17-10-12/h1-10H,11H2. The normalized spacial score (nSPS) is 11.0. The molecule has 4 rings (SSSR count). The molecular weight excluding hydrogens is 308 g/mol. The third kappa shape index (κ3) is 2.91. The monoisotopic (exact) mass is 320 g/mol. The molecule has 112 valence electrons. The van der Waals surface area contributed by atoms with Gasteiger partial charge in [-0.25, -0.2) is 0 Å². The number of rotatable bonds is 4. The molecule has 0 radical (unpaired) electrons. The fourth-order valence-electron chi connectivity index (χ4n) is 2.15. The van der Waals surface area contributed by atoms with Gasteiger partial charge in [0, 0.05) is 29.9 Å². The summed E-state index contributed by atoms with van der Waals surface area (Å²) in [4.78, 5) is 8.45. The van der Waals surface area contributed by atoms with Crippen LogP contribution in [0.25, 0.3) is 16.9 Å². The summed E-state index contributed by atoms with van der Waals surface area (Å²) in [6.45, 7) is 0. The van der Waals surface area contributed by atoms with Crippen LogP contribution in [0.5, 0.6) is 0 Å². The highest BCUT2D eigenvalue weighted by Crippen LogP contribution is 2.22. The first kappa shape index (κ1) is 13.8. The van der Waals surface area contributed by atoms with Crippen molar-refractivity contribution in [2.75, 3.05) is 0 Å². The second-order valence-corrected chi connectivity index (χ2v) is 5.77. The Balaban J connectivity index is 1.65. The van der Waals surface area contributed by atoms with Crippen LogP contribution < -0.4 is 0 Å². The van der Waals surface area contributed by atoms with Crippen LogP contribution in [-0.4, -0.2) is 29.8 Å². The Morgan fingerprint density at radius 2 is 1.96 bits per heavy atom. The first-order valence-electron chi connectivity index (χ1n) is 7.06. The van der Waals surface area contributed by atoms with E-state index < -0.39 is 0 Å². The Labute approximate surface area is 136 Å². The zero-order valence-corrected chi connectivity index (χ0v) is 12.9. The largest absolute Gasteiger partial charge is 0.264 e. The summed E-state index contributed by atoms with van der Waals surface area (Å²) in [7, 11) is 0. The molecule has 0 aromatic carbocycles. The maximum Gasteiger partial charge on any atom is 0.212 e. The minimum absolute atomic E-state index is 0.723. The first-order valence-corrected chi connectivity index (χ1v) is 8.04. The number of pyridine rings is 2. The molecule has 7 heteroatoms. The van der Waals surface area contributed by atoms with E-state index in [4.69, 9.17) is 0 Å². The Morgan fingerprint density at radius 3 is 2.78 bits per heavy atom. The van der Waals surface area contributed by atoms with Gasteiger partial charge in [-0.3, -0.25) is 9.97 Å². The average Bonchev–Trinajstić information content (AvgIpc) is 3.04. The molecular formula is C16H12N6S. The fourth-order valence-corrected chi connectivity index (χ4v) is 2.95. The van der Waals surface area contributed by atoms with E-state index in [9.17, 15) is 0 Å². The van der Waals surface area contributed by atoms with Gasteiger partial charge in [-0.1, -0.05) is 17.8 Å². The van der Waals surface area contributed by atoms with Crippen LogP contribution in [0.3, 0.4) is 0 Å². The van der Waals surface area contributed by atoms with Gasteiger partial charge in [0.2, 0.25) is 5.16 Å². The van der Waals surface area contributed by atoms with Crippen LogP contribution in [0.2, 0.25) is 0 Å². The van der Waals surface area contributed by atoms with E-state index >= 15 is 0 Å². The average molecular weight is 320 g/mol. The van der Waals surface area contributed by atoms with Gasteiger partial charge in [0.25, 0.3) is 0 Å². The highest BCUT2D eigenvalue weighted by Gasteiger charge is 2.10. The summed E-state index contributed by atoms with van der Waals surface area (Å²) in [5.74, 6) is 0.723. The third-order valence-corrected chi connectivity index (χ3v) is 4.22. The van der Waals surface area contributed by atoms with Gasteiger partial charge in [0.05, 0.1) is 11.4 Å². The first-order chi connectivity index (χ1) is 11.4. The van der Waals surface area contributed by atoms with E-state index in [0.29, 0.717) is 0 Å². The minimum atomic E-state index is 0.723. The molecule has 0 aliphatic carbocycles. The van der Waals surface area contributed by atoms with Gasteiger partial charge in [-0.2, -0.15) is 9.61 Å². The zero-order valence-electron chi connectivity index (χ0n) is 12.1. The minimum Gasteiger partial charge on any atom is -0.264 e. The number of aromatic nitrogens is 6. The van der Waals surface area contributed by atoms with Gasteiger partial charge in [-0.05, 0) is 36.4 Å². The number of hydrogen-bond acceptors (Lipinski definition) is 6. The van der Waals surface area contributed by atoms with Crippen molar-refractivity contribution in [3.05, 3.63) is 66.7 Å². The Hall–Kier alpha value is -2.80. The summed E-state index contributed by atoms with van der Waals surface area (Å²) in [5, 5.41) is 13.7. The van der Waals surface area contributed by atoms with E-state index in [-0.39, 0.29) is 0 Å². The van der Waals surface area contributed by atoms with Gasteiger partial charge in [0.1, 0.15) is 0 Å². The van der Waals surface area contributed by atoms with E-state index in [1.807, 2.05) is 42.5 Å². The molecule has 4 heterocycles. The lowest BCUT2D eigenvalue weighted by Gasteiger charge is -2.02. The molecule has 0 spiro atoms. The summed E-state index contributed by atoms with van der Waals surface area (Å²) in [6, 6.07) is 13.6. The van der Waals surface area contributed by atoms with Crippen molar-refractivity contribution in [3.63, 3.8) is 0 Å². The number of fused-ring (bicyclic) bond motifs is 1. The summed E-state index contributed by atoms with van der Waals surface area (Å²) >= 11 is 1.56. The van der Waals surface area contributed by atoms with Gasteiger partial charge >= 0.3 is 0 Å². The summed E-state index contributed by atoms with van der Waals surface area (Å²) in [5.41, 5.74) is 3.52. The van der Waals surface area contributed by atoms with Crippen LogP contribution in [0.15, 0.2) is 66.2 Å². The molecule has 0 amide bonds. The van der Waals surface area contributed by atoms with Crippen molar-refractivity contribution in [3.8, 4) is 11.3 Å². The van der Waals surface area contributed by atoms with Crippen LogP contribution in [0, 0.1) is 0 Å². The van der Waals surface area contributed by atoms with Gasteiger partial charge in [0.15, 0.2) is 5.65 Å². The van der Waals surface area contributed by atoms with Crippen molar-refractivity contribution in [2.45, 2.75) is 10.9 Å². The van der Waals surface area contributed by atoms with Crippen molar-refractivity contribution >= 4 is 17.4 Å². The maximum atomic E-state index is 4.63. The van der Waals surface area contributed by atoms with Gasteiger partial charge < -0.3 is 0 Å². The van der Waals surface area contributed by atoms with Crippen LogP contribution in [0.1, 0.15) is 5.69 Å². The van der Waals surface area contributed by atoms with Crippen LogP contribution in [-0.2, 0) is 5.75 Å². The third-order valence-electron chi connectivity index (χ3n) is 3.27. The fraction of sp³-hybridized carbons (Fsp3) is 0.0625. The molecule has 0 N–H and O–H groups in total. The molecule has 23 heavy (non-hydrogen) atoms. The number of nitrogens with zero attached hydrogens (tertiary/aromatic N) is 6. The molecule has 0 aliphatic heterocycles. The number of hydrogen-bond donors (Lipinski definition) is 0. The smallest absolute Gasteiger partial charge is 0.212 e. The molecule has 0 unspecified atom stereocenters. The molecule has 4 aromatic heterocycles.